The third-order valence-electron chi connectivity index (χ3n) is 16.7. The first-order valence-electron chi connectivity index (χ1n) is 32.1. The average molecular weight is 1290 g/mol. The number of hydrogen-bond acceptors (Lipinski definition) is 22. The Hall–Kier alpha value is -7.86. The first-order chi connectivity index (χ1) is 45.1. The summed E-state index contributed by atoms with van der Waals surface area (Å²) < 4.78 is 45.4. The Morgan fingerprint density at radius 1 is 0.731 bits per heavy atom. The topological polar surface area (TPSA) is 302 Å². The Bertz CT molecular complexity index is 3500. The van der Waals surface area contributed by atoms with Gasteiger partial charge >= 0.3 is 0 Å². The fraction of sp³-hybridized carbons (Fsp3) is 0.545. The van der Waals surface area contributed by atoms with Crippen LogP contribution in [0.2, 0.25) is 0 Å². The van der Waals surface area contributed by atoms with Gasteiger partial charge in [0, 0.05) is 88.7 Å². The lowest BCUT2D eigenvalue weighted by Gasteiger charge is -2.37. The van der Waals surface area contributed by atoms with E-state index in [-0.39, 0.29) is 59.3 Å². The van der Waals surface area contributed by atoms with Crippen molar-refractivity contribution in [2.45, 2.75) is 65.0 Å². The molecule has 0 bridgehead atoms. The number of nitrogens with two attached hydrogens (primary N) is 1. The van der Waals surface area contributed by atoms with Gasteiger partial charge in [-0.05, 0) is 94.6 Å². The number of H-pyrrole nitrogens is 1. The third-order valence-corrected chi connectivity index (χ3v) is 16.7. The molecule has 93 heavy (non-hydrogen) atoms. The first kappa shape index (κ1) is 69.5. The molecule has 4 amide bonds. The van der Waals surface area contributed by atoms with Crippen LogP contribution in [0.15, 0.2) is 60.7 Å². The van der Waals surface area contributed by atoms with Gasteiger partial charge in [-0.15, -0.1) is 0 Å². The zero-order chi connectivity index (χ0) is 65.6. The Labute approximate surface area is 543 Å². The van der Waals surface area contributed by atoms with Gasteiger partial charge in [-0.25, -0.2) is 15.0 Å². The predicted molar refractivity (Wildman–Crippen MR) is 353 cm³/mol. The highest BCUT2D eigenvalue weighted by Gasteiger charge is 2.30. The maximum absolute atomic E-state index is 13.5. The van der Waals surface area contributed by atoms with Gasteiger partial charge < -0.3 is 78.8 Å². The molecular formula is C66H91N15O12. The smallest absolute Gasteiger partial charge is 0.274 e. The van der Waals surface area contributed by atoms with E-state index in [2.05, 4.69) is 54.4 Å². The molecule has 6 aromatic rings. The van der Waals surface area contributed by atoms with Crippen molar-refractivity contribution in [3.8, 4) is 11.3 Å². The van der Waals surface area contributed by atoms with Crippen LogP contribution < -0.4 is 26.2 Å². The van der Waals surface area contributed by atoms with E-state index in [0.29, 0.717) is 185 Å². The highest BCUT2D eigenvalue weighted by molar-refractivity contribution is 6.13. The molecule has 7 heterocycles. The van der Waals surface area contributed by atoms with E-state index in [1.807, 2.05) is 63.4 Å². The number of hydrogen-bond donors (Lipinski definition) is 4. The van der Waals surface area contributed by atoms with Crippen LogP contribution in [0.5, 0.6) is 0 Å². The summed E-state index contributed by atoms with van der Waals surface area (Å²) in [4.78, 5) is 86.6. The SMILES string of the molecule is Cc1c(CC(=O)N(C)C)ccc(NC(=O)c2[nH]nc3nc([C@@H]4CCCN(C(=O)/C=C/CN(C)CCOCCOCCOCCOCCOCCOCCNC(=O)c5cccc(-c6ccc7c(N8CCOC[C@H]8C)nc(N8CCOC[C@H]8C)nc7n6)c5)C4)nc(N)c23)c1C. The van der Waals surface area contributed by atoms with E-state index in [1.165, 1.54) is 0 Å². The molecule has 2 aromatic carbocycles. The molecule has 9 rings (SSSR count). The minimum absolute atomic E-state index is 0.00868. The van der Waals surface area contributed by atoms with Gasteiger partial charge in [0.1, 0.15) is 23.2 Å². The number of nitrogens with zero attached hydrogens (tertiary/aromatic N) is 11. The number of anilines is 4. The number of carbonyl (C=O) groups excluding carboxylic acids is 4. The lowest BCUT2D eigenvalue weighted by molar-refractivity contribution is -0.128. The Morgan fingerprint density at radius 3 is 2.08 bits per heavy atom. The molecular weight excluding hydrogens is 1190 g/mol. The number of pyridine rings is 1. The van der Waals surface area contributed by atoms with Gasteiger partial charge in [0.15, 0.2) is 11.3 Å². The van der Waals surface area contributed by atoms with Crippen molar-refractivity contribution in [3.05, 3.63) is 94.5 Å². The molecule has 0 saturated carbocycles. The summed E-state index contributed by atoms with van der Waals surface area (Å²) in [5.41, 5.74) is 12.8. The van der Waals surface area contributed by atoms with Crippen molar-refractivity contribution in [1.29, 1.82) is 0 Å². The van der Waals surface area contributed by atoms with Gasteiger partial charge in [-0.3, -0.25) is 24.3 Å². The second-order valence-electron chi connectivity index (χ2n) is 23.7. The van der Waals surface area contributed by atoms with Gasteiger partial charge in [0.2, 0.25) is 17.8 Å². The molecule has 0 spiro atoms. The molecule has 0 radical (unpaired) electrons. The van der Waals surface area contributed by atoms with Crippen molar-refractivity contribution in [3.63, 3.8) is 0 Å². The molecule has 3 atom stereocenters. The summed E-state index contributed by atoms with van der Waals surface area (Å²) in [6.45, 7) is 19.7. The number of likely N-dealkylation sites (N-methyl/N-ethyl adjacent to an activating group) is 2. The van der Waals surface area contributed by atoms with E-state index in [4.69, 9.17) is 63.6 Å². The van der Waals surface area contributed by atoms with Crippen LogP contribution in [-0.4, -0.2) is 258 Å². The van der Waals surface area contributed by atoms with Gasteiger partial charge in [0.25, 0.3) is 11.8 Å². The lowest BCUT2D eigenvalue weighted by Crippen LogP contribution is -2.46. The number of piperidine rings is 1. The van der Waals surface area contributed by atoms with Crippen LogP contribution in [0.1, 0.15) is 76.0 Å². The summed E-state index contributed by atoms with van der Waals surface area (Å²) in [5, 5.41) is 14.2. The summed E-state index contributed by atoms with van der Waals surface area (Å²) in [6.07, 6.45) is 5.26. The zero-order valence-electron chi connectivity index (χ0n) is 54.8. The number of amides is 4. The molecule has 3 saturated heterocycles. The number of rotatable bonds is 33. The van der Waals surface area contributed by atoms with Gasteiger partial charge in [-0.1, -0.05) is 24.3 Å². The van der Waals surface area contributed by atoms with E-state index in [9.17, 15) is 19.2 Å². The molecule has 27 heteroatoms. The number of aromatic nitrogens is 7. The summed E-state index contributed by atoms with van der Waals surface area (Å²) in [5.74, 6) is 1.17. The van der Waals surface area contributed by atoms with Crippen LogP contribution in [0.4, 0.5) is 23.3 Å². The quantitative estimate of drug-likeness (QED) is 0.0323. The van der Waals surface area contributed by atoms with Crippen molar-refractivity contribution in [2.75, 3.05) is 194 Å². The molecule has 0 aliphatic carbocycles. The highest BCUT2D eigenvalue weighted by atomic mass is 16.6. The second kappa shape index (κ2) is 34.9. The molecule has 3 fully saturated rings. The van der Waals surface area contributed by atoms with Crippen LogP contribution in [0.25, 0.3) is 33.3 Å². The molecule has 4 aromatic heterocycles. The van der Waals surface area contributed by atoms with Crippen LogP contribution in [-0.2, 0) is 53.9 Å². The summed E-state index contributed by atoms with van der Waals surface area (Å²) in [6, 6.07) is 15.3. The van der Waals surface area contributed by atoms with Crippen LogP contribution >= 0.6 is 0 Å². The van der Waals surface area contributed by atoms with E-state index in [1.54, 1.807) is 42.1 Å². The first-order valence-corrected chi connectivity index (χ1v) is 32.1. The number of fused-ring (bicyclic) bond motifs is 2. The minimum Gasteiger partial charge on any atom is -0.383 e. The Kier molecular flexibility index (Phi) is 26.1. The minimum atomic E-state index is -0.446. The molecule has 27 nitrogen and oxygen atoms in total. The fourth-order valence-electron chi connectivity index (χ4n) is 11.1. The summed E-state index contributed by atoms with van der Waals surface area (Å²) in [7, 11) is 5.41. The largest absolute Gasteiger partial charge is 0.383 e. The number of carbonyl (C=O) groups is 4. The second-order valence-corrected chi connectivity index (χ2v) is 23.7. The van der Waals surface area contributed by atoms with E-state index in [0.717, 1.165) is 52.8 Å². The summed E-state index contributed by atoms with van der Waals surface area (Å²) >= 11 is 0. The normalized spacial score (nSPS) is 17.1. The van der Waals surface area contributed by atoms with Crippen molar-refractivity contribution >= 4 is 69.0 Å². The van der Waals surface area contributed by atoms with Crippen molar-refractivity contribution in [1.82, 2.24) is 55.1 Å². The number of nitrogens with one attached hydrogen (secondary N) is 3. The maximum Gasteiger partial charge on any atom is 0.274 e. The number of ether oxygens (including phenoxy) is 8. The highest BCUT2D eigenvalue weighted by Crippen LogP contribution is 2.33. The Balaban J connectivity index is 0.564. The molecule has 502 valence electrons. The van der Waals surface area contributed by atoms with E-state index < -0.39 is 5.91 Å². The van der Waals surface area contributed by atoms with Crippen LogP contribution in [0.3, 0.4) is 0 Å². The number of aromatic amines is 1. The van der Waals surface area contributed by atoms with E-state index >= 15 is 0 Å². The van der Waals surface area contributed by atoms with Crippen molar-refractivity contribution in [2.24, 2.45) is 0 Å². The Morgan fingerprint density at radius 2 is 1.40 bits per heavy atom. The monoisotopic (exact) mass is 1290 g/mol. The maximum atomic E-state index is 13.5. The standard InChI is InChI=1S/C66H91N15O12/c1-44-42-92-27-23-80(44)63-52-16-18-54(69-61(52)73-66(74-63)81-24-28-93-43-45(81)2)49-11-8-12-50(39-49)64(84)68-19-25-86-29-31-88-33-35-90-37-38-91-36-34-89-32-30-87-26-22-78(7)20-10-14-55(82)79-21-9-13-51(41-79)60-71-59(67)57-58(75-76-62(57)72-60)65(85)70-53-17-15-48(46(3)47(53)4)40-56(83)77(5)6/h8,10-12,14-18,39,44-45,51H,9,13,19-38,40-43H2,1-7H3,(H,68,84)(H,70,85)(H3,67,71,72,75,76)/b14-10+/t44-,45-,51-/m1/s1. The molecule has 3 aliphatic heterocycles. The number of likely N-dealkylation sites (tertiary alicyclic amines) is 1. The predicted octanol–water partition coefficient (Wildman–Crippen LogP) is 4.61. The number of nitrogen functional groups attached to an aromatic ring is 1. The number of morpholine rings is 2. The van der Waals surface area contributed by atoms with Crippen LogP contribution in [0, 0.1) is 13.8 Å². The lowest BCUT2D eigenvalue weighted by atomic mass is 9.97. The van der Waals surface area contributed by atoms with Gasteiger partial charge in [0.05, 0.1) is 141 Å². The number of benzene rings is 2. The molecule has 0 unspecified atom stereocenters. The molecule has 3 aliphatic rings. The zero-order valence-corrected chi connectivity index (χ0v) is 54.8. The third kappa shape index (κ3) is 19.4. The fourth-order valence-corrected chi connectivity index (χ4v) is 11.1. The van der Waals surface area contributed by atoms with Crippen molar-refractivity contribution < 1.29 is 57.1 Å². The van der Waals surface area contributed by atoms with Gasteiger partial charge in [-0.2, -0.15) is 15.1 Å². The average Bonchev–Trinajstić information content (AvgIpc) is 1.63. The molecule has 5 N–H and O–H groups in total.